The topological polar surface area (TPSA) is 49.0 Å². The standard InChI is InChI=1S/C8H6N2O.C8H17N/c11-8-9-5-6-3-1-2-4-7(6)10-8;1-2-3-6-9-7-4-5-8-9/h1-5H,(H,9,10,11);2-8H2,1H3. The summed E-state index contributed by atoms with van der Waals surface area (Å²) >= 11 is 0. The maximum absolute atomic E-state index is 10.7. The first kappa shape index (κ1) is 14.7. The minimum absolute atomic E-state index is 0.302. The van der Waals surface area contributed by atoms with Gasteiger partial charge < -0.3 is 9.88 Å². The van der Waals surface area contributed by atoms with Crippen LogP contribution in [0.2, 0.25) is 0 Å². The van der Waals surface area contributed by atoms with E-state index in [-0.39, 0.29) is 5.69 Å². The highest BCUT2D eigenvalue weighted by atomic mass is 16.1. The Balaban J connectivity index is 0.000000151. The molecule has 0 aliphatic carbocycles. The third-order valence-electron chi connectivity index (χ3n) is 3.55. The SMILES string of the molecule is CCCCN1CCCC1.O=c1ncc2ccccc2[nH]1. The zero-order valence-electron chi connectivity index (χ0n) is 12.1. The molecule has 4 nitrogen and oxygen atoms in total. The molecule has 4 heteroatoms. The van der Waals surface area contributed by atoms with Gasteiger partial charge >= 0.3 is 5.69 Å². The van der Waals surface area contributed by atoms with E-state index in [1.165, 1.54) is 45.3 Å². The van der Waals surface area contributed by atoms with Crippen molar-refractivity contribution in [3.63, 3.8) is 0 Å². The van der Waals surface area contributed by atoms with Gasteiger partial charge in [-0.25, -0.2) is 9.78 Å². The minimum atomic E-state index is -0.302. The Bertz CT molecular complexity index is 573. The maximum Gasteiger partial charge on any atom is 0.345 e. The molecule has 0 atom stereocenters. The van der Waals surface area contributed by atoms with Gasteiger partial charge in [-0.05, 0) is 45.0 Å². The number of aromatic nitrogens is 2. The lowest BCUT2D eigenvalue weighted by Gasteiger charge is -2.12. The van der Waals surface area contributed by atoms with Crippen molar-refractivity contribution in [2.45, 2.75) is 32.6 Å². The molecule has 1 aliphatic heterocycles. The van der Waals surface area contributed by atoms with Crippen LogP contribution >= 0.6 is 0 Å². The Hall–Kier alpha value is -1.68. The van der Waals surface area contributed by atoms with Crippen LogP contribution in [0, 0.1) is 0 Å². The second-order valence-electron chi connectivity index (χ2n) is 5.18. The number of benzene rings is 1. The van der Waals surface area contributed by atoms with E-state index in [0.29, 0.717) is 0 Å². The zero-order valence-corrected chi connectivity index (χ0v) is 12.1. The second-order valence-corrected chi connectivity index (χ2v) is 5.18. The van der Waals surface area contributed by atoms with Gasteiger partial charge in [0.15, 0.2) is 0 Å². The Morgan fingerprint density at radius 1 is 1.25 bits per heavy atom. The third kappa shape index (κ3) is 4.46. The average Bonchev–Trinajstić information content (AvgIpc) is 2.99. The number of H-pyrrole nitrogens is 1. The molecule has 1 N–H and O–H groups in total. The predicted octanol–water partition coefficient (Wildman–Crippen LogP) is 2.81. The van der Waals surface area contributed by atoms with Crippen LogP contribution in [0.1, 0.15) is 32.6 Å². The molecular formula is C16H23N3O. The zero-order chi connectivity index (χ0) is 14.2. The van der Waals surface area contributed by atoms with Crippen LogP contribution < -0.4 is 5.69 Å². The average molecular weight is 273 g/mol. The largest absolute Gasteiger partial charge is 0.345 e. The van der Waals surface area contributed by atoms with E-state index in [1.807, 2.05) is 24.3 Å². The van der Waals surface area contributed by atoms with Gasteiger partial charge in [0.2, 0.25) is 0 Å². The van der Waals surface area contributed by atoms with Gasteiger partial charge in [-0.2, -0.15) is 0 Å². The summed E-state index contributed by atoms with van der Waals surface area (Å²) in [5, 5.41) is 0.951. The molecular weight excluding hydrogens is 250 g/mol. The Morgan fingerprint density at radius 3 is 2.75 bits per heavy atom. The molecule has 0 amide bonds. The van der Waals surface area contributed by atoms with E-state index in [9.17, 15) is 4.79 Å². The number of para-hydroxylation sites is 1. The highest BCUT2D eigenvalue weighted by Crippen LogP contribution is 2.07. The van der Waals surface area contributed by atoms with Gasteiger partial charge in [0.1, 0.15) is 0 Å². The monoisotopic (exact) mass is 273 g/mol. The van der Waals surface area contributed by atoms with Gasteiger partial charge in [0, 0.05) is 11.6 Å². The van der Waals surface area contributed by atoms with Crippen LogP contribution in [0.5, 0.6) is 0 Å². The fraction of sp³-hybridized carbons (Fsp3) is 0.500. The molecule has 0 unspecified atom stereocenters. The molecule has 1 aromatic carbocycles. The molecule has 1 aliphatic rings. The van der Waals surface area contributed by atoms with E-state index in [4.69, 9.17) is 0 Å². The van der Waals surface area contributed by atoms with Crippen molar-refractivity contribution in [2.75, 3.05) is 19.6 Å². The fourth-order valence-electron chi connectivity index (χ4n) is 2.39. The molecule has 0 bridgehead atoms. The normalized spacial score (nSPS) is 15.1. The van der Waals surface area contributed by atoms with Gasteiger partial charge in [-0.1, -0.05) is 31.5 Å². The van der Waals surface area contributed by atoms with E-state index in [1.54, 1.807) is 6.20 Å². The predicted molar refractivity (Wildman–Crippen MR) is 82.9 cm³/mol. The van der Waals surface area contributed by atoms with Crippen LogP contribution in [-0.4, -0.2) is 34.5 Å². The van der Waals surface area contributed by atoms with Crippen LogP contribution in [0.15, 0.2) is 35.3 Å². The molecule has 108 valence electrons. The number of aromatic amines is 1. The fourth-order valence-corrected chi connectivity index (χ4v) is 2.39. The van der Waals surface area contributed by atoms with E-state index in [0.717, 1.165) is 10.9 Å². The lowest BCUT2D eigenvalue weighted by Crippen LogP contribution is -2.19. The Kier molecular flexibility index (Phi) is 5.74. The molecule has 3 rings (SSSR count). The molecule has 1 saturated heterocycles. The molecule has 0 spiro atoms. The first-order valence-electron chi connectivity index (χ1n) is 7.46. The summed E-state index contributed by atoms with van der Waals surface area (Å²) in [4.78, 5) is 19.5. The first-order valence-corrected chi connectivity index (χ1v) is 7.46. The smallest absolute Gasteiger partial charge is 0.305 e. The molecule has 1 fully saturated rings. The molecule has 0 radical (unpaired) electrons. The number of unbranched alkanes of at least 4 members (excludes halogenated alkanes) is 1. The lowest BCUT2D eigenvalue weighted by molar-refractivity contribution is 0.332. The van der Waals surface area contributed by atoms with Crippen molar-refractivity contribution < 1.29 is 0 Å². The van der Waals surface area contributed by atoms with Gasteiger partial charge in [-0.3, -0.25) is 0 Å². The van der Waals surface area contributed by atoms with Crippen LogP contribution in [0.3, 0.4) is 0 Å². The van der Waals surface area contributed by atoms with Crippen molar-refractivity contribution >= 4 is 10.9 Å². The summed E-state index contributed by atoms with van der Waals surface area (Å²) in [6, 6.07) is 7.53. The Labute approximate surface area is 119 Å². The van der Waals surface area contributed by atoms with Gasteiger partial charge in [0.25, 0.3) is 0 Å². The quantitative estimate of drug-likeness (QED) is 0.935. The first-order chi connectivity index (χ1) is 9.79. The maximum atomic E-state index is 10.7. The van der Waals surface area contributed by atoms with E-state index < -0.39 is 0 Å². The van der Waals surface area contributed by atoms with Crippen LogP contribution in [0.4, 0.5) is 0 Å². The number of hydrogen-bond acceptors (Lipinski definition) is 3. The highest BCUT2D eigenvalue weighted by molar-refractivity contribution is 5.76. The summed E-state index contributed by atoms with van der Waals surface area (Å²) in [5.41, 5.74) is 0.524. The van der Waals surface area contributed by atoms with Crippen LogP contribution in [0.25, 0.3) is 10.9 Å². The molecule has 20 heavy (non-hydrogen) atoms. The number of likely N-dealkylation sites (tertiary alicyclic amines) is 1. The Morgan fingerprint density at radius 2 is 2.00 bits per heavy atom. The summed E-state index contributed by atoms with van der Waals surface area (Å²) in [6.07, 6.45) is 7.16. The number of nitrogens with zero attached hydrogens (tertiary/aromatic N) is 2. The number of rotatable bonds is 3. The third-order valence-corrected chi connectivity index (χ3v) is 3.55. The van der Waals surface area contributed by atoms with Crippen molar-refractivity contribution in [3.8, 4) is 0 Å². The lowest BCUT2D eigenvalue weighted by atomic mass is 10.2. The molecule has 2 aromatic rings. The summed E-state index contributed by atoms with van der Waals surface area (Å²) in [6.45, 7) is 6.33. The van der Waals surface area contributed by atoms with Gasteiger partial charge in [-0.15, -0.1) is 0 Å². The molecule has 2 heterocycles. The highest BCUT2D eigenvalue weighted by Gasteiger charge is 2.09. The van der Waals surface area contributed by atoms with E-state index in [2.05, 4.69) is 21.8 Å². The number of hydrogen-bond donors (Lipinski definition) is 1. The van der Waals surface area contributed by atoms with Crippen LogP contribution in [-0.2, 0) is 0 Å². The summed E-state index contributed by atoms with van der Waals surface area (Å²) < 4.78 is 0. The second kappa shape index (κ2) is 7.80. The van der Waals surface area contributed by atoms with Gasteiger partial charge in [0.05, 0.1) is 5.52 Å². The van der Waals surface area contributed by atoms with Crippen molar-refractivity contribution in [2.24, 2.45) is 0 Å². The van der Waals surface area contributed by atoms with Crippen molar-refractivity contribution in [1.82, 2.24) is 14.9 Å². The number of nitrogens with one attached hydrogen (secondary N) is 1. The minimum Gasteiger partial charge on any atom is -0.305 e. The molecule has 0 saturated carbocycles. The van der Waals surface area contributed by atoms with Crippen molar-refractivity contribution in [1.29, 1.82) is 0 Å². The summed E-state index contributed by atoms with van der Waals surface area (Å²) in [7, 11) is 0. The van der Waals surface area contributed by atoms with Crippen molar-refractivity contribution in [3.05, 3.63) is 40.9 Å². The summed E-state index contributed by atoms with van der Waals surface area (Å²) in [5.74, 6) is 0. The molecule has 1 aromatic heterocycles. The number of fused-ring (bicyclic) bond motifs is 1. The van der Waals surface area contributed by atoms with E-state index >= 15 is 0 Å².